The van der Waals surface area contributed by atoms with Crippen molar-refractivity contribution in [2.24, 2.45) is 0 Å². The summed E-state index contributed by atoms with van der Waals surface area (Å²) < 4.78 is 31.0. The summed E-state index contributed by atoms with van der Waals surface area (Å²) in [5.74, 6) is -5.54. The molecule has 2 atom stereocenters. The number of pyridine rings is 2. The zero-order chi connectivity index (χ0) is 29.8. The van der Waals surface area contributed by atoms with Crippen LogP contribution >= 0.6 is 23.2 Å². The molecule has 214 valence electrons. The molecule has 2 amide bonds. The third kappa shape index (κ3) is 6.55. The zero-order valence-corrected chi connectivity index (χ0v) is 23.2. The minimum Gasteiger partial charge on any atom is -0.480 e. The molecule has 3 heterocycles. The summed E-state index contributed by atoms with van der Waals surface area (Å²) in [7, 11) is 0. The molecule has 4 rings (SSSR count). The van der Waals surface area contributed by atoms with E-state index in [0.717, 1.165) is 12.1 Å². The topological polar surface area (TPSA) is 138 Å². The van der Waals surface area contributed by atoms with Crippen LogP contribution in [0.4, 0.5) is 20.2 Å². The summed E-state index contributed by atoms with van der Waals surface area (Å²) in [5, 5.41) is 17.7. The number of benzene rings is 1. The van der Waals surface area contributed by atoms with Gasteiger partial charge in [0.05, 0.1) is 21.3 Å². The lowest BCUT2D eigenvalue weighted by Crippen LogP contribution is -2.43. The summed E-state index contributed by atoms with van der Waals surface area (Å²) >= 11 is 12.1. The summed E-state index contributed by atoms with van der Waals surface area (Å²) in [6, 6.07) is 3.35. The zero-order valence-electron chi connectivity index (χ0n) is 21.7. The monoisotopic (exact) mass is 604 g/mol. The van der Waals surface area contributed by atoms with Gasteiger partial charge in [0.15, 0.2) is 5.65 Å². The van der Waals surface area contributed by atoms with Gasteiger partial charge in [0, 0.05) is 48.6 Å². The van der Waals surface area contributed by atoms with Crippen molar-refractivity contribution in [3.63, 3.8) is 0 Å². The minimum atomic E-state index is -1.56. The Morgan fingerprint density at radius 2 is 1.71 bits per heavy atom. The highest BCUT2D eigenvalue weighted by Crippen LogP contribution is 2.26. The van der Waals surface area contributed by atoms with Gasteiger partial charge in [-0.25, -0.2) is 18.6 Å². The van der Waals surface area contributed by atoms with Crippen LogP contribution in [0.5, 0.6) is 0 Å². The molecule has 0 radical (unpaired) electrons. The molecule has 0 spiro atoms. The Kier molecular flexibility index (Phi) is 9.04. The number of hydrogen-bond donors (Lipinski definition) is 4. The first-order chi connectivity index (χ1) is 19.5. The quantitative estimate of drug-likeness (QED) is 0.195. The van der Waals surface area contributed by atoms with Crippen LogP contribution in [-0.4, -0.2) is 49.3 Å². The fraction of sp³-hybridized carbons (Fsp3) is 0.222. The van der Waals surface area contributed by atoms with E-state index < -0.39 is 41.0 Å². The molecule has 0 fully saturated rings. The van der Waals surface area contributed by atoms with E-state index in [-0.39, 0.29) is 45.1 Å². The lowest BCUT2D eigenvalue weighted by atomic mass is 10.1. The third-order valence-electron chi connectivity index (χ3n) is 6.27. The Labute approximate surface area is 242 Å². The van der Waals surface area contributed by atoms with E-state index in [4.69, 9.17) is 23.2 Å². The first-order valence-electron chi connectivity index (χ1n) is 12.3. The molecular formula is C27H24Cl2F2N6O4. The van der Waals surface area contributed by atoms with E-state index in [1.807, 2.05) is 13.8 Å². The highest BCUT2D eigenvalue weighted by molar-refractivity contribution is 6.40. The predicted octanol–water partition coefficient (Wildman–Crippen LogP) is 5.20. The van der Waals surface area contributed by atoms with Crippen LogP contribution in [0.1, 0.15) is 46.7 Å². The van der Waals surface area contributed by atoms with Crippen LogP contribution in [0.3, 0.4) is 0 Å². The molecule has 1 aromatic carbocycles. The molecule has 10 nitrogen and oxygen atoms in total. The molecular weight excluding hydrogens is 581 g/mol. The van der Waals surface area contributed by atoms with Crippen LogP contribution < -0.4 is 16.0 Å². The van der Waals surface area contributed by atoms with Crippen molar-refractivity contribution in [3.05, 3.63) is 87.6 Å². The van der Waals surface area contributed by atoms with Gasteiger partial charge in [-0.05, 0) is 37.6 Å². The SMILES string of the molecule is CC[C@H](C)Nc1cc(F)c(C(=O)N[C@@H](Cc2ccc(NC(=O)c3c(Cl)cncc3Cl)c3nccn23)C(=O)O)c(F)c1. The molecule has 0 unspecified atom stereocenters. The number of aromatic nitrogens is 3. The van der Waals surface area contributed by atoms with E-state index in [1.165, 1.54) is 41.3 Å². The van der Waals surface area contributed by atoms with Crippen molar-refractivity contribution in [1.82, 2.24) is 19.7 Å². The maximum atomic E-state index is 14.7. The third-order valence-corrected chi connectivity index (χ3v) is 6.85. The van der Waals surface area contributed by atoms with Crippen LogP contribution in [0.15, 0.2) is 49.1 Å². The molecule has 0 aliphatic heterocycles. The molecule has 0 saturated carbocycles. The Hall–Kier alpha value is -4.29. The lowest BCUT2D eigenvalue weighted by molar-refractivity contribution is -0.139. The molecule has 0 bridgehead atoms. The number of carbonyl (C=O) groups is 3. The average molecular weight is 605 g/mol. The highest BCUT2D eigenvalue weighted by atomic mass is 35.5. The second-order valence-electron chi connectivity index (χ2n) is 9.13. The Morgan fingerprint density at radius 3 is 2.32 bits per heavy atom. The van der Waals surface area contributed by atoms with Crippen LogP contribution in [0, 0.1) is 11.6 Å². The second-order valence-corrected chi connectivity index (χ2v) is 9.94. The predicted molar refractivity (Wildman–Crippen MR) is 150 cm³/mol. The maximum Gasteiger partial charge on any atom is 0.326 e. The van der Waals surface area contributed by atoms with Crippen LogP contribution in [0.25, 0.3) is 5.65 Å². The number of amides is 2. The summed E-state index contributed by atoms with van der Waals surface area (Å²) in [5.41, 5.74) is 0.160. The minimum absolute atomic E-state index is 0.00826. The number of hydrogen-bond acceptors (Lipinski definition) is 6. The number of aliphatic carboxylic acids is 1. The smallest absolute Gasteiger partial charge is 0.326 e. The number of imidazole rings is 1. The molecule has 0 saturated heterocycles. The first-order valence-corrected chi connectivity index (χ1v) is 13.1. The Bertz CT molecular complexity index is 1600. The van der Waals surface area contributed by atoms with Crippen molar-refractivity contribution in [2.45, 2.75) is 38.8 Å². The average Bonchev–Trinajstić information content (AvgIpc) is 3.40. The van der Waals surface area contributed by atoms with E-state index >= 15 is 0 Å². The van der Waals surface area contributed by atoms with E-state index in [1.54, 1.807) is 0 Å². The number of nitrogens with one attached hydrogen (secondary N) is 3. The lowest BCUT2D eigenvalue weighted by Gasteiger charge is -2.18. The maximum absolute atomic E-state index is 14.7. The first kappa shape index (κ1) is 29.7. The summed E-state index contributed by atoms with van der Waals surface area (Å²) in [6.07, 6.45) is 5.92. The molecule has 41 heavy (non-hydrogen) atoms. The van der Waals surface area contributed by atoms with Gasteiger partial charge in [-0.2, -0.15) is 0 Å². The summed E-state index contributed by atoms with van der Waals surface area (Å²) in [4.78, 5) is 45.7. The standard InChI is InChI=1S/C27H24Cl2F2N6O4/c1-3-13(2)34-14-8-18(30)23(19(31)9-14)26(39)36-21(27(40)41)10-15-4-5-20(24-33-6-7-37(15)24)35-25(38)22-16(28)11-32-12-17(22)29/h4-9,11-13,21,34H,3,10H2,1-2H3,(H,35,38)(H,36,39)(H,40,41)/t13-,21-/m0/s1. The Balaban J connectivity index is 1.56. The van der Waals surface area contributed by atoms with E-state index in [2.05, 4.69) is 25.9 Å². The van der Waals surface area contributed by atoms with Crippen LogP contribution in [0.2, 0.25) is 10.0 Å². The normalized spacial score (nSPS) is 12.5. The van der Waals surface area contributed by atoms with Gasteiger partial charge < -0.3 is 25.5 Å². The Morgan fingerprint density at radius 1 is 1.05 bits per heavy atom. The molecule has 3 aromatic heterocycles. The number of carboxylic acid groups (broad SMARTS) is 1. The molecule has 0 aliphatic rings. The van der Waals surface area contributed by atoms with E-state index in [9.17, 15) is 28.3 Å². The van der Waals surface area contributed by atoms with Crippen molar-refractivity contribution < 1.29 is 28.3 Å². The van der Waals surface area contributed by atoms with Crippen LogP contribution in [-0.2, 0) is 11.2 Å². The molecule has 4 aromatic rings. The summed E-state index contributed by atoms with van der Waals surface area (Å²) in [6.45, 7) is 3.73. The number of halogens is 4. The fourth-order valence-electron chi connectivity index (χ4n) is 4.05. The number of fused-ring (bicyclic) bond motifs is 1. The number of carbonyl (C=O) groups excluding carboxylic acids is 2. The van der Waals surface area contributed by atoms with Crippen molar-refractivity contribution in [1.29, 1.82) is 0 Å². The van der Waals surface area contributed by atoms with Gasteiger partial charge in [-0.15, -0.1) is 0 Å². The van der Waals surface area contributed by atoms with Gasteiger partial charge in [-0.1, -0.05) is 30.1 Å². The van der Waals surface area contributed by atoms with Gasteiger partial charge in [0.25, 0.3) is 11.8 Å². The molecule has 14 heteroatoms. The van der Waals surface area contributed by atoms with Crippen molar-refractivity contribution >= 4 is 58.0 Å². The van der Waals surface area contributed by atoms with Crippen molar-refractivity contribution in [3.8, 4) is 0 Å². The number of nitrogens with zero attached hydrogens (tertiary/aromatic N) is 3. The molecule has 4 N–H and O–H groups in total. The molecule has 0 aliphatic carbocycles. The highest BCUT2D eigenvalue weighted by Gasteiger charge is 2.27. The van der Waals surface area contributed by atoms with Gasteiger partial charge in [-0.3, -0.25) is 14.6 Å². The number of anilines is 2. The van der Waals surface area contributed by atoms with Crippen molar-refractivity contribution in [2.75, 3.05) is 10.6 Å². The van der Waals surface area contributed by atoms with Gasteiger partial charge in [0.1, 0.15) is 23.2 Å². The van der Waals surface area contributed by atoms with Gasteiger partial charge in [0.2, 0.25) is 0 Å². The number of rotatable bonds is 10. The van der Waals surface area contributed by atoms with Gasteiger partial charge >= 0.3 is 5.97 Å². The number of carboxylic acids is 1. The largest absolute Gasteiger partial charge is 0.480 e. The second kappa shape index (κ2) is 12.5. The fourth-order valence-corrected chi connectivity index (χ4v) is 4.58. The van der Waals surface area contributed by atoms with E-state index in [0.29, 0.717) is 12.1 Å².